The SMILES string of the molecule is Cc1ccc(C/N=C/c2ccc(Cl)cc2)cc1. The van der Waals surface area contributed by atoms with E-state index in [9.17, 15) is 0 Å². The lowest BCUT2D eigenvalue weighted by Crippen LogP contribution is -1.84. The number of hydrogen-bond acceptors (Lipinski definition) is 1. The smallest absolute Gasteiger partial charge is 0.0639 e. The number of halogens is 1. The second kappa shape index (κ2) is 5.65. The fraction of sp³-hybridized carbons (Fsp3) is 0.133. The molecule has 0 amide bonds. The Labute approximate surface area is 107 Å². The third-order valence-electron chi connectivity index (χ3n) is 2.50. The predicted octanol–water partition coefficient (Wildman–Crippen LogP) is 4.27. The largest absolute Gasteiger partial charge is 0.288 e. The molecule has 0 bridgehead atoms. The number of rotatable bonds is 3. The van der Waals surface area contributed by atoms with Crippen LogP contribution in [0.4, 0.5) is 0 Å². The summed E-state index contributed by atoms with van der Waals surface area (Å²) in [5, 5.41) is 0.751. The van der Waals surface area contributed by atoms with E-state index in [4.69, 9.17) is 11.6 Å². The number of benzene rings is 2. The van der Waals surface area contributed by atoms with E-state index in [1.807, 2.05) is 30.5 Å². The molecule has 0 atom stereocenters. The van der Waals surface area contributed by atoms with Crippen LogP contribution in [0.3, 0.4) is 0 Å². The van der Waals surface area contributed by atoms with Gasteiger partial charge < -0.3 is 0 Å². The van der Waals surface area contributed by atoms with Crippen molar-refractivity contribution in [1.82, 2.24) is 0 Å². The number of nitrogens with zero attached hydrogens (tertiary/aromatic N) is 1. The lowest BCUT2D eigenvalue weighted by molar-refractivity contribution is 1.07. The standard InChI is InChI=1S/C15H14ClN/c1-12-2-4-13(5-3-12)10-17-11-14-6-8-15(16)9-7-14/h2-9,11H,10H2,1H3/b17-11+. The van der Waals surface area contributed by atoms with Crippen molar-refractivity contribution in [2.45, 2.75) is 13.5 Å². The van der Waals surface area contributed by atoms with Gasteiger partial charge in [0.05, 0.1) is 6.54 Å². The van der Waals surface area contributed by atoms with E-state index in [0.717, 1.165) is 10.6 Å². The summed E-state index contributed by atoms with van der Waals surface area (Å²) in [7, 11) is 0. The first-order valence-electron chi connectivity index (χ1n) is 5.55. The third kappa shape index (κ3) is 3.72. The van der Waals surface area contributed by atoms with Crippen molar-refractivity contribution in [3.8, 4) is 0 Å². The molecule has 2 aromatic rings. The zero-order chi connectivity index (χ0) is 12.1. The van der Waals surface area contributed by atoms with Crippen LogP contribution in [0.15, 0.2) is 53.5 Å². The molecule has 0 saturated heterocycles. The van der Waals surface area contributed by atoms with Crippen LogP contribution in [0.5, 0.6) is 0 Å². The van der Waals surface area contributed by atoms with Crippen LogP contribution in [0.2, 0.25) is 5.02 Å². The highest BCUT2D eigenvalue weighted by molar-refractivity contribution is 6.30. The molecule has 0 unspecified atom stereocenters. The minimum absolute atomic E-state index is 0.711. The molecule has 2 aromatic carbocycles. The molecule has 86 valence electrons. The van der Waals surface area contributed by atoms with Crippen LogP contribution in [0.25, 0.3) is 0 Å². The number of aliphatic imine (C=N–C) groups is 1. The van der Waals surface area contributed by atoms with Crippen LogP contribution in [-0.2, 0) is 6.54 Å². The highest BCUT2D eigenvalue weighted by Crippen LogP contribution is 2.08. The van der Waals surface area contributed by atoms with E-state index in [2.05, 4.69) is 36.2 Å². The van der Waals surface area contributed by atoms with Crippen LogP contribution in [-0.4, -0.2) is 6.21 Å². The first-order valence-corrected chi connectivity index (χ1v) is 5.93. The van der Waals surface area contributed by atoms with Gasteiger partial charge in [0.1, 0.15) is 0 Å². The topological polar surface area (TPSA) is 12.4 Å². The molecule has 0 saturated carbocycles. The van der Waals surface area contributed by atoms with Crippen molar-refractivity contribution in [2.24, 2.45) is 4.99 Å². The second-order valence-electron chi connectivity index (χ2n) is 4.01. The summed E-state index contributed by atoms with van der Waals surface area (Å²) in [5.74, 6) is 0. The van der Waals surface area contributed by atoms with E-state index < -0.39 is 0 Å². The number of hydrogen-bond donors (Lipinski definition) is 0. The maximum atomic E-state index is 5.81. The summed E-state index contributed by atoms with van der Waals surface area (Å²) in [4.78, 5) is 4.40. The minimum atomic E-state index is 0.711. The summed E-state index contributed by atoms with van der Waals surface area (Å²) in [5.41, 5.74) is 3.57. The monoisotopic (exact) mass is 243 g/mol. The molecule has 1 nitrogen and oxygen atoms in total. The Kier molecular flexibility index (Phi) is 3.94. The maximum Gasteiger partial charge on any atom is 0.0639 e. The Hall–Kier alpha value is -1.60. The summed E-state index contributed by atoms with van der Waals surface area (Å²) < 4.78 is 0. The van der Waals surface area contributed by atoms with Crippen LogP contribution < -0.4 is 0 Å². The highest BCUT2D eigenvalue weighted by Gasteiger charge is 1.91. The molecule has 0 radical (unpaired) electrons. The Morgan fingerprint density at radius 1 is 1.00 bits per heavy atom. The molecule has 0 aliphatic carbocycles. The van der Waals surface area contributed by atoms with Gasteiger partial charge in [0, 0.05) is 11.2 Å². The lowest BCUT2D eigenvalue weighted by Gasteiger charge is -1.97. The van der Waals surface area contributed by atoms with Crippen molar-refractivity contribution in [3.05, 3.63) is 70.2 Å². The van der Waals surface area contributed by atoms with Crippen molar-refractivity contribution >= 4 is 17.8 Å². The van der Waals surface area contributed by atoms with Crippen molar-refractivity contribution < 1.29 is 0 Å². The summed E-state index contributed by atoms with van der Waals surface area (Å²) in [6, 6.07) is 16.1. The summed E-state index contributed by atoms with van der Waals surface area (Å²) >= 11 is 5.81. The van der Waals surface area contributed by atoms with Crippen molar-refractivity contribution in [1.29, 1.82) is 0 Å². The van der Waals surface area contributed by atoms with E-state index in [1.165, 1.54) is 11.1 Å². The van der Waals surface area contributed by atoms with Gasteiger partial charge in [-0.1, -0.05) is 53.6 Å². The zero-order valence-electron chi connectivity index (χ0n) is 9.73. The molecule has 0 aromatic heterocycles. The highest BCUT2D eigenvalue weighted by atomic mass is 35.5. The van der Waals surface area contributed by atoms with E-state index in [0.29, 0.717) is 6.54 Å². The second-order valence-corrected chi connectivity index (χ2v) is 4.44. The van der Waals surface area contributed by atoms with Gasteiger partial charge in [-0.25, -0.2) is 0 Å². The molecular weight excluding hydrogens is 230 g/mol. The summed E-state index contributed by atoms with van der Waals surface area (Å²) in [6.45, 7) is 2.80. The Morgan fingerprint density at radius 3 is 2.29 bits per heavy atom. The van der Waals surface area contributed by atoms with Crippen LogP contribution >= 0.6 is 11.6 Å². The van der Waals surface area contributed by atoms with E-state index in [-0.39, 0.29) is 0 Å². The van der Waals surface area contributed by atoms with E-state index >= 15 is 0 Å². The molecule has 0 spiro atoms. The Morgan fingerprint density at radius 2 is 1.65 bits per heavy atom. The molecule has 17 heavy (non-hydrogen) atoms. The first-order chi connectivity index (χ1) is 8.24. The average molecular weight is 244 g/mol. The first kappa shape index (κ1) is 11.9. The van der Waals surface area contributed by atoms with Crippen molar-refractivity contribution in [2.75, 3.05) is 0 Å². The fourth-order valence-corrected chi connectivity index (χ4v) is 1.62. The van der Waals surface area contributed by atoms with Gasteiger partial charge in [-0.2, -0.15) is 0 Å². The average Bonchev–Trinajstić information content (AvgIpc) is 2.34. The maximum absolute atomic E-state index is 5.81. The lowest BCUT2D eigenvalue weighted by atomic mass is 10.1. The Balaban J connectivity index is 1.97. The molecule has 0 heterocycles. The third-order valence-corrected chi connectivity index (χ3v) is 2.76. The van der Waals surface area contributed by atoms with Crippen LogP contribution in [0.1, 0.15) is 16.7 Å². The van der Waals surface area contributed by atoms with E-state index in [1.54, 1.807) is 0 Å². The van der Waals surface area contributed by atoms with Gasteiger partial charge in [-0.05, 0) is 30.2 Å². The quantitative estimate of drug-likeness (QED) is 0.714. The molecule has 2 rings (SSSR count). The van der Waals surface area contributed by atoms with Crippen molar-refractivity contribution in [3.63, 3.8) is 0 Å². The van der Waals surface area contributed by atoms with Gasteiger partial charge in [0.25, 0.3) is 0 Å². The van der Waals surface area contributed by atoms with Gasteiger partial charge in [0.15, 0.2) is 0 Å². The molecule has 0 aliphatic rings. The number of aryl methyl sites for hydroxylation is 1. The van der Waals surface area contributed by atoms with Crippen LogP contribution in [0, 0.1) is 6.92 Å². The molecule has 0 fully saturated rings. The Bertz CT molecular complexity index is 497. The van der Waals surface area contributed by atoms with Gasteiger partial charge >= 0.3 is 0 Å². The molecule has 2 heteroatoms. The van der Waals surface area contributed by atoms with Gasteiger partial charge in [-0.3, -0.25) is 4.99 Å². The fourth-order valence-electron chi connectivity index (χ4n) is 1.50. The molecule has 0 N–H and O–H groups in total. The normalized spacial score (nSPS) is 10.9. The molecule has 0 aliphatic heterocycles. The zero-order valence-corrected chi connectivity index (χ0v) is 10.5. The van der Waals surface area contributed by atoms with Gasteiger partial charge in [0.2, 0.25) is 0 Å². The van der Waals surface area contributed by atoms with Gasteiger partial charge in [-0.15, -0.1) is 0 Å². The summed E-state index contributed by atoms with van der Waals surface area (Å²) in [6.07, 6.45) is 1.87. The minimum Gasteiger partial charge on any atom is -0.288 e. The predicted molar refractivity (Wildman–Crippen MR) is 73.9 cm³/mol. The molecular formula is C15H14ClN.